The van der Waals surface area contributed by atoms with Gasteiger partial charge in [0.05, 0.1) is 23.9 Å². The van der Waals surface area contributed by atoms with Gasteiger partial charge in [0.15, 0.2) is 0 Å². The summed E-state index contributed by atoms with van der Waals surface area (Å²) in [6.45, 7) is 8.10. The van der Waals surface area contributed by atoms with Crippen LogP contribution in [-0.2, 0) is 14.0 Å². The normalized spacial score (nSPS) is 19.2. The van der Waals surface area contributed by atoms with Gasteiger partial charge in [0.1, 0.15) is 0 Å². The Hall–Kier alpha value is -1.70. The zero-order valence-corrected chi connectivity index (χ0v) is 16.6. The fourth-order valence-electron chi connectivity index (χ4n) is 2.90. The van der Waals surface area contributed by atoms with Crippen molar-refractivity contribution in [3.8, 4) is 0 Å². The maximum absolute atomic E-state index is 11.9. The molecule has 0 radical (unpaired) electrons. The molecular formula is C19H24BNO4S. The van der Waals surface area contributed by atoms with Crippen molar-refractivity contribution < 1.29 is 18.8 Å². The number of benzene rings is 1. The Morgan fingerprint density at radius 3 is 2.50 bits per heavy atom. The number of hydrogen-bond donors (Lipinski definition) is 2. The fraction of sp³-hybridized carbons (Fsp3) is 0.421. The van der Waals surface area contributed by atoms with Gasteiger partial charge >= 0.3 is 13.1 Å². The largest absolute Gasteiger partial charge is 0.491 e. The minimum Gasteiger partial charge on any atom is -0.465 e. The molecule has 5 nitrogen and oxygen atoms in total. The SMILES string of the molecule is COC(=O)c1c[nH]c2ccc(C=C(CS)B3OC(C)(C)C(C)(C)O3)cc12. The lowest BCUT2D eigenvalue weighted by molar-refractivity contribution is 0.00578. The third-order valence-electron chi connectivity index (χ3n) is 5.20. The average Bonchev–Trinajstić information content (AvgIpc) is 3.09. The van der Waals surface area contributed by atoms with Crippen LogP contribution in [0.15, 0.2) is 29.9 Å². The average molecular weight is 373 g/mol. The molecule has 1 saturated heterocycles. The molecule has 3 rings (SSSR count). The van der Waals surface area contributed by atoms with E-state index in [0.717, 1.165) is 21.9 Å². The number of rotatable bonds is 4. The number of aromatic nitrogens is 1. The van der Waals surface area contributed by atoms with E-state index in [2.05, 4.69) is 17.6 Å². The monoisotopic (exact) mass is 373 g/mol. The summed E-state index contributed by atoms with van der Waals surface area (Å²) in [5, 5.41) is 0.818. The van der Waals surface area contributed by atoms with E-state index in [1.54, 1.807) is 6.20 Å². The highest BCUT2D eigenvalue weighted by Gasteiger charge is 2.52. The predicted molar refractivity (Wildman–Crippen MR) is 108 cm³/mol. The van der Waals surface area contributed by atoms with Crippen LogP contribution in [-0.4, -0.2) is 42.1 Å². The van der Waals surface area contributed by atoms with Crippen molar-refractivity contribution in [1.82, 2.24) is 4.98 Å². The Bertz CT molecular complexity index is 856. The molecule has 0 saturated carbocycles. The number of aromatic amines is 1. The van der Waals surface area contributed by atoms with E-state index in [-0.39, 0.29) is 5.97 Å². The van der Waals surface area contributed by atoms with Gasteiger partial charge in [0, 0.05) is 22.9 Å². The van der Waals surface area contributed by atoms with E-state index in [9.17, 15) is 4.79 Å². The summed E-state index contributed by atoms with van der Waals surface area (Å²) < 4.78 is 17.1. The van der Waals surface area contributed by atoms with E-state index in [4.69, 9.17) is 14.0 Å². The Labute approximate surface area is 159 Å². The Morgan fingerprint density at radius 2 is 1.92 bits per heavy atom. The van der Waals surface area contributed by atoms with Crippen LogP contribution < -0.4 is 0 Å². The molecule has 2 aromatic rings. The van der Waals surface area contributed by atoms with Crippen LogP contribution in [0.5, 0.6) is 0 Å². The predicted octanol–water partition coefficient (Wildman–Crippen LogP) is 3.90. The summed E-state index contributed by atoms with van der Waals surface area (Å²) in [6, 6.07) is 5.87. The molecule has 0 unspecified atom stereocenters. The van der Waals surface area contributed by atoms with Gasteiger partial charge in [-0.05, 0) is 50.9 Å². The summed E-state index contributed by atoms with van der Waals surface area (Å²) in [4.78, 5) is 15.0. The summed E-state index contributed by atoms with van der Waals surface area (Å²) >= 11 is 4.46. The van der Waals surface area contributed by atoms with Crippen LogP contribution in [0, 0.1) is 0 Å². The molecule has 1 N–H and O–H groups in total. The summed E-state index contributed by atoms with van der Waals surface area (Å²) in [5.74, 6) is 0.143. The molecule has 2 heterocycles. The van der Waals surface area contributed by atoms with Crippen molar-refractivity contribution in [2.75, 3.05) is 12.9 Å². The minimum absolute atomic E-state index is 0.363. The van der Waals surface area contributed by atoms with Crippen molar-refractivity contribution in [2.45, 2.75) is 38.9 Å². The van der Waals surface area contributed by atoms with Crippen molar-refractivity contribution in [1.29, 1.82) is 0 Å². The Morgan fingerprint density at radius 1 is 1.27 bits per heavy atom. The number of methoxy groups -OCH3 is 1. The molecule has 0 spiro atoms. The van der Waals surface area contributed by atoms with Gasteiger partial charge in [-0.1, -0.05) is 12.1 Å². The number of ether oxygens (including phenoxy) is 1. The molecule has 26 heavy (non-hydrogen) atoms. The van der Waals surface area contributed by atoms with Crippen LogP contribution in [0.25, 0.3) is 17.0 Å². The van der Waals surface area contributed by atoms with E-state index in [1.165, 1.54) is 7.11 Å². The van der Waals surface area contributed by atoms with Crippen LogP contribution >= 0.6 is 12.6 Å². The zero-order chi connectivity index (χ0) is 19.1. The van der Waals surface area contributed by atoms with Crippen molar-refractivity contribution >= 4 is 42.7 Å². The third kappa shape index (κ3) is 3.31. The van der Waals surface area contributed by atoms with Crippen LogP contribution in [0.4, 0.5) is 0 Å². The number of thiol groups is 1. The minimum atomic E-state index is -0.445. The summed E-state index contributed by atoms with van der Waals surface area (Å²) in [6.07, 6.45) is 3.67. The topological polar surface area (TPSA) is 60.6 Å². The van der Waals surface area contributed by atoms with E-state index < -0.39 is 18.3 Å². The first kappa shape index (κ1) is 19.1. The lowest BCUT2D eigenvalue weighted by Gasteiger charge is -2.32. The van der Waals surface area contributed by atoms with Gasteiger partial charge in [0.25, 0.3) is 0 Å². The molecule has 0 bridgehead atoms. The number of fused-ring (bicyclic) bond motifs is 1. The number of carbonyl (C=O) groups is 1. The van der Waals surface area contributed by atoms with Gasteiger partial charge in [-0.3, -0.25) is 0 Å². The van der Waals surface area contributed by atoms with E-state index >= 15 is 0 Å². The molecule has 1 aromatic heterocycles. The molecule has 138 valence electrons. The van der Waals surface area contributed by atoms with Crippen molar-refractivity contribution in [3.05, 3.63) is 41.0 Å². The Kier molecular flexibility index (Phi) is 4.99. The van der Waals surface area contributed by atoms with Crippen molar-refractivity contribution in [2.24, 2.45) is 0 Å². The van der Waals surface area contributed by atoms with Gasteiger partial charge < -0.3 is 19.0 Å². The molecule has 0 atom stereocenters. The van der Waals surface area contributed by atoms with Gasteiger partial charge in [0.2, 0.25) is 0 Å². The molecule has 1 aliphatic rings. The maximum Gasteiger partial charge on any atom is 0.491 e. The van der Waals surface area contributed by atoms with E-state index in [0.29, 0.717) is 11.3 Å². The third-order valence-corrected chi connectivity index (χ3v) is 5.57. The second kappa shape index (κ2) is 6.80. The highest BCUT2D eigenvalue weighted by molar-refractivity contribution is 7.80. The number of H-pyrrole nitrogens is 1. The molecule has 7 heteroatoms. The quantitative estimate of drug-likeness (QED) is 0.485. The molecule has 0 amide bonds. The molecule has 0 aliphatic carbocycles. The molecule has 1 aromatic carbocycles. The number of esters is 1. The van der Waals surface area contributed by atoms with E-state index in [1.807, 2.05) is 52.0 Å². The van der Waals surface area contributed by atoms with Crippen LogP contribution in [0.3, 0.4) is 0 Å². The lowest BCUT2D eigenvalue weighted by Crippen LogP contribution is -2.41. The first-order valence-corrected chi connectivity index (χ1v) is 9.18. The number of hydrogen-bond acceptors (Lipinski definition) is 5. The molecule has 1 aliphatic heterocycles. The van der Waals surface area contributed by atoms with Gasteiger partial charge in [-0.2, -0.15) is 12.6 Å². The maximum atomic E-state index is 11.9. The number of carbonyl (C=O) groups excluding carboxylic acids is 1. The first-order valence-electron chi connectivity index (χ1n) is 8.55. The van der Waals surface area contributed by atoms with Crippen molar-refractivity contribution in [3.63, 3.8) is 0 Å². The first-order chi connectivity index (χ1) is 12.2. The zero-order valence-electron chi connectivity index (χ0n) is 15.8. The highest BCUT2D eigenvalue weighted by atomic mass is 32.1. The van der Waals surface area contributed by atoms with Gasteiger partial charge in [-0.25, -0.2) is 4.79 Å². The molecule has 1 fully saturated rings. The molecular weight excluding hydrogens is 349 g/mol. The second-order valence-electron chi connectivity index (χ2n) is 7.46. The summed E-state index contributed by atoms with van der Waals surface area (Å²) in [7, 11) is 0.932. The highest BCUT2D eigenvalue weighted by Crippen LogP contribution is 2.39. The standard InChI is InChI=1S/C19H24BNO4S/c1-18(2)19(3,4)25-20(24-18)13(11-26)8-12-6-7-16-14(9-12)15(10-21-16)17(22)23-5/h6-10,21,26H,11H2,1-5H3. The van der Waals surface area contributed by atoms with Gasteiger partial charge in [-0.15, -0.1) is 0 Å². The number of nitrogens with one attached hydrogen (secondary N) is 1. The smallest absolute Gasteiger partial charge is 0.465 e. The lowest BCUT2D eigenvalue weighted by atomic mass is 9.78. The van der Waals surface area contributed by atoms with Crippen LogP contribution in [0.2, 0.25) is 0 Å². The van der Waals surface area contributed by atoms with Crippen LogP contribution in [0.1, 0.15) is 43.6 Å². The fourth-order valence-corrected chi connectivity index (χ4v) is 3.14. The Balaban J connectivity index is 1.96. The summed E-state index contributed by atoms with van der Waals surface area (Å²) in [5.41, 5.74) is 2.47. The second-order valence-corrected chi connectivity index (χ2v) is 7.78.